The zero-order chi connectivity index (χ0) is 22.3. The fourth-order valence-corrected chi connectivity index (χ4v) is 2.55. The molecule has 2 rings (SSSR count). The molecule has 0 aliphatic heterocycles. The van der Waals surface area contributed by atoms with Crippen LogP contribution in [0.5, 0.6) is 5.75 Å². The number of anilines is 1. The van der Waals surface area contributed by atoms with E-state index >= 15 is 0 Å². The van der Waals surface area contributed by atoms with E-state index in [1.165, 1.54) is 20.2 Å². The van der Waals surface area contributed by atoms with Gasteiger partial charge >= 0.3 is 5.97 Å². The number of hydrogen-bond donors (Lipinski definition) is 1. The van der Waals surface area contributed by atoms with Crippen LogP contribution in [0, 0.1) is 10.1 Å². The maximum Gasteiger partial charge on any atom is 0.338 e. The van der Waals surface area contributed by atoms with Crippen molar-refractivity contribution in [3.63, 3.8) is 0 Å². The fourth-order valence-electron chi connectivity index (χ4n) is 2.55. The van der Waals surface area contributed by atoms with E-state index in [-0.39, 0.29) is 24.3 Å². The number of methoxy groups -OCH3 is 1. The van der Waals surface area contributed by atoms with Gasteiger partial charge in [0, 0.05) is 30.4 Å². The maximum atomic E-state index is 12.7. The van der Waals surface area contributed by atoms with Gasteiger partial charge in [0.1, 0.15) is 5.75 Å². The Bertz CT molecular complexity index is 957. The number of benzene rings is 2. The van der Waals surface area contributed by atoms with E-state index in [0.29, 0.717) is 11.4 Å². The van der Waals surface area contributed by atoms with Crippen molar-refractivity contribution in [3.05, 3.63) is 63.7 Å². The Kier molecular flexibility index (Phi) is 7.45. The van der Waals surface area contributed by atoms with E-state index in [1.807, 2.05) is 0 Å². The smallest absolute Gasteiger partial charge is 0.338 e. The van der Waals surface area contributed by atoms with Crippen molar-refractivity contribution in [2.24, 2.45) is 0 Å². The number of hydrogen-bond acceptors (Lipinski definition) is 7. The lowest BCUT2D eigenvalue weighted by atomic mass is 10.1. The van der Waals surface area contributed by atoms with Gasteiger partial charge in [0.25, 0.3) is 11.6 Å². The van der Waals surface area contributed by atoms with Gasteiger partial charge in [-0.3, -0.25) is 19.7 Å². The summed E-state index contributed by atoms with van der Waals surface area (Å²) >= 11 is 0. The number of esters is 1. The Hall–Kier alpha value is -3.95. The summed E-state index contributed by atoms with van der Waals surface area (Å²) in [5.41, 5.74) is -0.140. The predicted molar refractivity (Wildman–Crippen MR) is 108 cm³/mol. The summed E-state index contributed by atoms with van der Waals surface area (Å²) in [6.45, 7) is 1.37. The van der Waals surface area contributed by atoms with Gasteiger partial charge in [-0.05, 0) is 37.3 Å². The minimum atomic E-state index is -0.782. The van der Waals surface area contributed by atoms with Gasteiger partial charge in [-0.1, -0.05) is 0 Å². The lowest BCUT2D eigenvalue weighted by Crippen LogP contribution is -2.35. The number of nitro benzene ring substituents is 1. The molecule has 1 N–H and O–H groups in total. The van der Waals surface area contributed by atoms with Gasteiger partial charge in [0.15, 0.2) is 0 Å². The van der Waals surface area contributed by atoms with Crippen LogP contribution in [-0.2, 0) is 9.53 Å². The number of amides is 2. The van der Waals surface area contributed by atoms with Crippen molar-refractivity contribution in [1.82, 2.24) is 4.90 Å². The first kappa shape index (κ1) is 22.3. The van der Waals surface area contributed by atoms with E-state index in [4.69, 9.17) is 9.47 Å². The third-order valence-corrected chi connectivity index (χ3v) is 3.99. The summed E-state index contributed by atoms with van der Waals surface area (Å²) in [5.74, 6) is -1.28. The van der Waals surface area contributed by atoms with Crippen LogP contribution in [0.1, 0.15) is 27.6 Å². The van der Waals surface area contributed by atoms with E-state index in [2.05, 4.69) is 5.32 Å². The highest BCUT2D eigenvalue weighted by Crippen LogP contribution is 2.20. The van der Waals surface area contributed by atoms with Crippen LogP contribution < -0.4 is 10.1 Å². The summed E-state index contributed by atoms with van der Waals surface area (Å²) in [6, 6.07) is 9.91. The number of nitrogens with zero attached hydrogens (tertiary/aromatic N) is 2. The Balaban J connectivity index is 2.14. The molecule has 2 amide bonds. The zero-order valence-electron chi connectivity index (χ0n) is 16.7. The van der Waals surface area contributed by atoms with E-state index in [1.54, 1.807) is 31.2 Å². The first-order valence-electron chi connectivity index (χ1n) is 8.91. The highest BCUT2D eigenvalue weighted by molar-refractivity contribution is 6.01. The standard InChI is InChI=1S/C20H21N3O7/c1-4-30-20(26)14-9-13(10-16(11-14)23(27)28)19(25)22(2)12-18(24)21-15-5-7-17(29-3)8-6-15/h5-11H,4,12H2,1-3H3,(H,21,24). The molecular weight excluding hydrogens is 394 g/mol. The molecule has 0 unspecified atom stereocenters. The van der Waals surface area contributed by atoms with Gasteiger partial charge in [0.05, 0.1) is 30.7 Å². The molecule has 0 heterocycles. The van der Waals surface area contributed by atoms with Crippen LogP contribution in [-0.4, -0.2) is 54.9 Å². The number of ether oxygens (including phenoxy) is 2. The second-order valence-corrected chi connectivity index (χ2v) is 6.18. The quantitative estimate of drug-likeness (QED) is 0.398. The van der Waals surface area contributed by atoms with Gasteiger partial charge in [0.2, 0.25) is 5.91 Å². The number of carbonyl (C=O) groups excluding carboxylic acids is 3. The fraction of sp³-hybridized carbons (Fsp3) is 0.250. The average molecular weight is 415 g/mol. The highest BCUT2D eigenvalue weighted by Gasteiger charge is 2.22. The summed E-state index contributed by atoms with van der Waals surface area (Å²) in [6.07, 6.45) is 0. The number of non-ortho nitro benzene ring substituents is 1. The minimum Gasteiger partial charge on any atom is -0.497 e. The maximum absolute atomic E-state index is 12.7. The first-order valence-corrected chi connectivity index (χ1v) is 8.91. The molecule has 0 atom stereocenters. The topological polar surface area (TPSA) is 128 Å². The molecule has 10 heteroatoms. The van der Waals surface area contributed by atoms with Crippen LogP contribution in [0.25, 0.3) is 0 Å². The molecule has 2 aromatic carbocycles. The van der Waals surface area contributed by atoms with Gasteiger partial charge in [-0.25, -0.2) is 4.79 Å². The lowest BCUT2D eigenvalue weighted by molar-refractivity contribution is -0.384. The van der Waals surface area contributed by atoms with Crippen LogP contribution in [0.2, 0.25) is 0 Å². The number of nitrogens with one attached hydrogen (secondary N) is 1. The average Bonchev–Trinajstić information content (AvgIpc) is 2.73. The molecule has 0 saturated heterocycles. The summed E-state index contributed by atoms with van der Waals surface area (Å²) in [5, 5.41) is 13.8. The molecule has 30 heavy (non-hydrogen) atoms. The Morgan fingerprint density at radius 2 is 1.73 bits per heavy atom. The van der Waals surface area contributed by atoms with Crippen molar-refractivity contribution in [2.45, 2.75) is 6.92 Å². The molecule has 0 aliphatic rings. The monoisotopic (exact) mass is 415 g/mol. The van der Waals surface area contributed by atoms with Crippen molar-refractivity contribution in [2.75, 3.05) is 32.6 Å². The molecule has 0 aliphatic carbocycles. The van der Waals surface area contributed by atoms with E-state index < -0.39 is 28.4 Å². The summed E-state index contributed by atoms with van der Waals surface area (Å²) in [7, 11) is 2.90. The summed E-state index contributed by atoms with van der Waals surface area (Å²) < 4.78 is 9.89. The molecular formula is C20H21N3O7. The van der Waals surface area contributed by atoms with E-state index in [9.17, 15) is 24.5 Å². The summed E-state index contributed by atoms with van der Waals surface area (Å²) in [4.78, 5) is 48.4. The molecule has 10 nitrogen and oxygen atoms in total. The van der Waals surface area contributed by atoms with Crippen LogP contribution in [0.15, 0.2) is 42.5 Å². The van der Waals surface area contributed by atoms with Crippen LogP contribution in [0.4, 0.5) is 11.4 Å². The van der Waals surface area contributed by atoms with Crippen LogP contribution in [0.3, 0.4) is 0 Å². The number of likely N-dealkylation sites (N-methyl/N-ethyl adjacent to an activating group) is 1. The number of carbonyl (C=O) groups is 3. The normalized spacial score (nSPS) is 10.1. The van der Waals surface area contributed by atoms with E-state index in [0.717, 1.165) is 17.0 Å². The van der Waals surface area contributed by atoms with Crippen molar-refractivity contribution in [3.8, 4) is 5.75 Å². The Morgan fingerprint density at radius 3 is 2.30 bits per heavy atom. The van der Waals surface area contributed by atoms with Crippen molar-refractivity contribution in [1.29, 1.82) is 0 Å². The molecule has 0 spiro atoms. The van der Waals surface area contributed by atoms with Gasteiger partial charge in [-0.15, -0.1) is 0 Å². The second-order valence-electron chi connectivity index (χ2n) is 6.18. The van der Waals surface area contributed by atoms with Crippen molar-refractivity contribution >= 4 is 29.2 Å². The Labute approximate surface area is 172 Å². The third-order valence-electron chi connectivity index (χ3n) is 3.99. The molecule has 0 fully saturated rings. The largest absolute Gasteiger partial charge is 0.497 e. The van der Waals surface area contributed by atoms with Gasteiger partial charge in [-0.2, -0.15) is 0 Å². The molecule has 0 bridgehead atoms. The molecule has 2 aromatic rings. The molecule has 0 saturated carbocycles. The van der Waals surface area contributed by atoms with Crippen LogP contribution >= 0.6 is 0 Å². The lowest BCUT2D eigenvalue weighted by Gasteiger charge is -2.17. The molecule has 158 valence electrons. The molecule has 0 radical (unpaired) electrons. The number of nitro groups is 1. The highest BCUT2D eigenvalue weighted by atomic mass is 16.6. The molecule has 0 aromatic heterocycles. The minimum absolute atomic E-state index is 0.0796. The Morgan fingerprint density at radius 1 is 1.10 bits per heavy atom. The second kappa shape index (κ2) is 10.0. The van der Waals surface area contributed by atoms with Gasteiger partial charge < -0.3 is 19.7 Å². The zero-order valence-corrected chi connectivity index (χ0v) is 16.7. The predicted octanol–water partition coefficient (Wildman–Crippen LogP) is 2.49. The van der Waals surface area contributed by atoms with Crippen molar-refractivity contribution < 1.29 is 28.8 Å². The number of rotatable bonds is 8. The SMILES string of the molecule is CCOC(=O)c1cc(C(=O)N(C)CC(=O)Nc2ccc(OC)cc2)cc([N+](=O)[O-])c1. The first-order chi connectivity index (χ1) is 14.2. The third kappa shape index (κ3) is 5.77.